The smallest absolute Gasteiger partial charge is 0.0575 e. The zero-order valence-electron chi connectivity index (χ0n) is 7.38. The molecule has 2 N–H and O–H groups in total. The van der Waals surface area contributed by atoms with Crippen molar-refractivity contribution < 1.29 is 4.74 Å². The van der Waals surface area contributed by atoms with Gasteiger partial charge in [0.25, 0.3) is 0 Å². The van der Waals surface area contributed by atoms with E-state index in [2.05, 4.69) is 6.92 Å². The first-order valence-electron chi connectivity index (χ1n) is 4.66. The highest BCUT2D eigenvalue weighted by Crippen LogP contribution is 2.17. The largest absolute Gasteiger partial charge is 0.378 e. The molecule has 1 aliphatic heterocycles. The molecule has 0 aromatic heterocycles. The maximum absolute atomic E-state index is 5.65. The van der Waals surface area contributed by atoms with Crippen molar-refractivity contribution in [1.29, 1.82) is 0 Å². The monoisotopic (exact) mass is 157 g/mol. The Balaban J connectivity index is 2.05. The molecule has 0 radical (unpaired) electrons. The van der Waals surface area contributed by atoms with Crippen LogP contribution in [0.4, 0.5) is 0 Å². The van der Waals surface area contributed by atoms with Gasteiger partial charge in [-0.15, -0.1) is 0 Å². The predicted molar refractivity (Wildman–Crippen MR) is 46.5 cm³/mol. The van der Waals surface area contributed by atoms with E-state index in [0.717, 1.165) is 19.4 Å². The highest BCUT2D eigenvalue weighted by molar-refractivity contribution is 4.65. The van der Waals surface area contributed by atoms with Gasteiger partial charge in [0.15, 0.2) is 0 Å². The summed E-state index contributed by atoms with van der Waals surface area (Å²) in [7, 11) is 0. The molecule has 2 atom stereocenters. The molecule has 11 heavy (non-hydrogen) atoms. The number of rotatable bonds is 3. The first kappa shape index (κ1) is 9.01. The van der Waals surface area contributed by atoms with Crippen molar-refractivity contribution in [2.24, 2.45) is 5.73 Å². The summed E-state index contributed by atoms with van der Waals surface area (Å²) in [5, 5.41) is 0. The van der Waals surface area contributed by atoms with Gasteiger partial charge in [0.05, 0.1) is 6.10 Å². The van der Waals surface area contributed by atoms with Crippen LogP contribution in [0, 0.1) is 0 Å². The van der Waals surface area contributed by atoms with Crippen molar-refractivity contribution in [2.45, 2.75) is 51.2 Å². The van der Waals surface area contributed by atoms with Crippen LogP contribution in [0.5, 0.6) is 0 Å². The molecule has 66 valence electrons. The normalized spacial score (nSPS) is 28.4. The van der Waals surface area contributed by atoms with Gasteiger partial charge in [0, 0.05) is 12.6 Å². The van der Waals surface area contributed by atoms with Gasteiger partial charge in [-0.2, -0.15) is 0 Å². The van der Waals surface area contributed by atoms with Gasteiger partial charge in [-0.25, -0.2) is 0 Å². The van der Waals surface area contributed by atoms with Crippen molar-refractivity contribution in [3.63, 3.8) is 0 Å². The summed E-state index contributed by atoms with van der Waals surface area (Å²) in [6.07, 6.45) is 6.59. The highest BCUT2D eigenvalue weighted by Gasteiger charge is 2.13. The van der Waals surface area contributed by atoms with Crippen LogP contribution >= 0.6 is 0 Å². The van der Waals surface area contributed by atoms with E-state index >= 15 is 0 Å². The molecule has 0 bridgehead atoms. The standard InChI is InChI=1S/C9H19NO/c1-8(10)5-6-9-4-2-3-7-11-9/h8-9H,2-7,10H2,1H3. The molecule has 0 aromatic rings. The van der Waals surface area contributed by atoms with Gasteiger partial charge in [-0.3, -0.25) is 0 Å². The molecule has 0 saturated carbocycles. The van der Waals surface area contributed by atoms with E-state index in [1.165, 1.54) is 19.3 Å². The summed E-state index contributed by atoms with van der Waals surface area (Å²) in [4.78, 5) is 0. The zero-order valence-corrected chi connectivity index (χ0v) is 7.38. The SMILES string of the molecule is CC(N)CCC1CCCCO1. The Kier molecular flexibility index (Phi) is 3.87. The number of ether oxygens (including phenoxy) is 1. The van der Waals surface area contributed by atoms with Crippen molar-refractivity contribution in [3.8, 4) is 0 Å². The summed E-state index contributed by atoms with van der Waals surface area (Å²) in [5.74, 6) is 0. The second kappa shape index (κ2) is 4.73. The maximum atomic E-state index is 5.65. The Morgan fingerprint density at radius 3 is 2.91 bits per heavy atom. The molecule has 0 aromatic carbocycles. The predicted octanol–water partition coefficient (Wildman–Crippen LogP) is 1.68. The topological polar surface area (TPSA) is 35.2 Å². The first-order valence-corrected chi connectivity index (χ1v) is 4.66. The molecule has 1 rings (SSSR count). The van der Waals surface area contributed by atoms with Crippen molar-refractivity contribution >= 4 is 0 Å². The lowest BCUT2D eigenvalue weighted by Gasteiger charge is -2.22. The van der Waals surface area contributed by atoms with Crippen molar-refractivity contribution in [3.05, 3.63) is 0 Å². The lowest BCUT2D eigenvalue weighted by molar-refractivity contribution is 0.00938. The minimum absolute atomic E-state index is 0.334. The van der Waals surface area contributed by atoms with Crippen LogP contribution in [0.3, 0.4) is 0 Å². The van der Waals surface area contributed by atoms with E-state index in [-0.39, 0.29) is 0 Å². The van der Waals surface area contributed by atoms with E-state index in [1.807, 2.05) is 0 Å². The van der Waals surface area contributed by atoms with Crippen LogP contribution in [0.15, 0.2) is 0 Å². The second-order valence-electron chi connectivity index (χ2n) is 3.54. The highest BCUT2D eigenvalue weighted by atomic mass is 16.5. The molecule has 0 amide bonds. The van der Waals surface area contributed by atoms with Gasteiger partial charge >= 0.3 is 0 Å². The molecule has 1 heterocycles. The van der Waals surface area contributed by atoms with E-state index < -0.39 is 0 Å². The van der Waals surface area contributed by atoms with Crippen LogP contribution in [0.2, 0.25) is 0 Å². The molecule has 2 nitrogen and oxygen atoms in total. The minimum atomic E-state index is 0.334. The number of nitrogens with two attached hydrogens (primary N) is 1. The molecular weight excluding hydrogens is 138 g/mol. The van der Waals surface area contributed by atoms with Gasteiger partial charge in [0.1, 0.15) is 0 Å². The third kappa shape index (κ3) is 3.73. The molecule has 2 unspecified atom stereocenters. The minimum Gasteiger partial charge on any atom is -0.378 e. The van der Waals surface area contributed by atoms with Crippen LogP contribution in [-0.2, 0) is 4.74 Å². The lowest BCUT2D eigenvalue weighted by atomic mass is 10.0. The fourth-order valence-corrected chi connectivity index (χ4v) is 1.48. The summed E-state index contributed by atoms with van der Waals surface area (Å²) in [5.41, 5.74) is 5.65. The van der Waals surface area contributed by atoms with Crippen LogP contribution in [0.1, 0.15) is 39.0 Å². The molecule has 1 fully saturated rings. The summed E-state index contributed by atoms with van der Waals surface area (Å²) < 4.78 is 5.57. The molecule has 2 heteroatoms. The quantitative estimate of drug-likeness (QED) is 0.676. The molecule has 1 saturated heterocycles. The Bertz CT molecular complexity index is 97.7. The van der Waals surface area contributed by atoms with Crippen molar-refractivity contribution in [2.75, 3.05) is 6.61 Å². The summed E-state index contributed by atoms with van der Waals surface area (Å²) >= 11 is 0. The van der Waals surface area contributed by atoms with Gasteiger partial charge in [-0.1, -0.05) is 0 Å². The molecule has 0 aliphatic carbocycles. The second-order valence-corrected chi connectivity index (χ2v) is 3.54. The van der Waals surface area contributed by atoms with E-state index in [9.17, 15) is 0 Å². The average Bonchev–Trinajstić information content (AvgIpc) is 2.03. The number of hydrogen-bond donors (Lipinski definition) is 1. The summed E-state index contributed by atoms with van der Waals surface area (Å²) in [6.45, 7) is 3.02. The fraction of sp³-hybridized carbons (Fsp3) is 1.00. The molecule has 1 aliphatic rings. The van der Waals surface area contributed by atoms with Crippen LogP contribution in [-0.4, -0.2) is 18.8 Å². The Morgan fingerprint density at radius 2 is 2.36 bits per heavy atom. The third-order valence-corrected chi connectivity index (χ3v) is 2.22. The van der Waals surface area contributed by atoms with Crippen LogP contribution in [0.25, 0.3) is 0 Å². The van der Waals surface area contributed by atoms with E-state index in [1.54, 1.807) is 0 Å². The average molecular weight is 157 g/mol. The Labute approximate surface area is 69.1 Å². The van der Waals surface area contributed by atoms with E-state index in [0.29, 0.717) is 12.1 Å². The van der Waals surface area contributed by atoms with Crippen molar-refractivity contribution in [1.82, 2.24) is 0 Å². The third-order valence-electron chi connectivity index (χ3n) is 2.22. The first-order chi connectivity index (χ1) is 5.29. The van der Waals surface area contributed by atoms with Gasteiger partial charge in [-0.05, 0) is 39.0 Å². The van der Waals surface area contributed by atoms with Gasteiger partial charge < -0.3 is 10.5 Å². The van der Waals surface area contributed by atoms with Gasteiger partial charge in [0.2, 0.25) is 0 Å². The Morgan fingerprint density at radius 1 is 1.55 bits per heavy atom. The Hall–Kier alpha value is -0.0800. The zero-order chi connectivity index (χ0) is 8.10. The molecular formula is C9H19NO. The molecule has 0 spiro atoms. The van der Waals surface area contributed by atoms with Crippen LogP contribution < -0.4 is 5.73 Å². The maximum Gasteiger partial charge on any atom is 0.0575 e. The number of hydrogen-bond acceptors (Lipinski definition) is 2. The fourth-order valence-electron chi connectivity index (χ4n) is 1.48. The lowest BCUT2D eigenvalue weighted by Crippen LogP contribution is -2.23. The summed E-state index contributed by atoms with van der Waals surface area (Å²) in [6, 6.07) is 0.334. The van der Waals surface area contributed by atoms with E-state index in [4.69, 9.17) is 10.5 Å².